The third-order valence-corrected chi connectivity index (χ3v) is 4.37. The molecule has 2 saturated carbocycles. The molecule has 23 heavy (non-hydrogen) atoms. The second-order valence-electron chi connectivity index (χ2n) is 6.25. The van der Waals surface area contributed by atoms with E-state index in [2.05, 4.69) is 12.1 Å². The molecule has 2 aromatic carbocycles. The highest BCUT2D eigenvalue weighted by Crippen LogP contribution is 2.40. The largest absolute Gasteiger partial charge is 0.508 e. The van der Waals surface area contributed by atoms with Crippen LogP contribution in [-0.2, 0) is 0 Å². The van der Waals surface area contributed by atoms with Gasteiger partial charge in [0, 0.05) is 0 Å². The van der Waals surface area contributed by atoms with Crippen molar-refractivity contribution in [1.82, 2.24) is 0 Å². The number of aromatic hydroxyl groups is 1. The summed E-state index contributed by atoms with van der Waals surface area (Å²) in [7, 11) is 0. The molecule has 0 bridgehead atoms. The van der Waals surface area contributed by atoms with Gasteiger partial charge in [0.25, 0.3) is 0 Å². The fourth-order valence-corrected chi connectivity index (χ4v) is 2.65. The van der Waals surface area contributed by atoms with Crippen molar-refractivity contribution in [3.05, 3.63) is 59.7 Å². The summed E-state index contributed by atoms with van der Waals surface area (Å²) in [5.74, 6) is 3.45. The minimum atomic E-state index is 0.365. The molecule has 2 nitrogen and oxygen atoms in total. The summed E-state index contributed by atoms with van der Waals surface area (Å²) in [4.78, 5) is 0. The molecule has 0 aromatic heterocycles. The van der Waals surface area contributed by atoms with E-state index >= 15 is 0 Å². The minimum Gasteiger partial charge on any atom is -0.508 e. The summed E-state index contributed by atoms with van der Waals surface area (Å²) in [6.07, 6.45) is 5.35. The molecule has 122 valence electrons. The third-order valence-electron chi connectivity index (χ3n) is 4.22. The molecule has 0 amide bonds. The lowest BCUT2D eigenvalue weighted by Crippen LogP contribution is -1.97. The van der Waals surface area contributed by atoms with Crippen LogP contribution >= 0.6 is 11.6 Å². The predicted octanol–water partition coefficient (Wildman–Crippen LogP) is 5.45. The van der Waals surface area contributed by atoms with Gasteiger partial charge in [-0.2, -0.15) is 0 Å². The van der Waals surface area contributed by atoms with Gasteiger partial charge in [-0.15, -0.1) is 11.6 Å². The van der Waals surface area contributed by atoms with Gasteiger partial charge in [0.05, 0.1) is 5.88 Å². The molecule has 1 N–H and O–H groups in total. The highest BCUT2D eigenvalue weighted by Gasteiger charge is 2.23. The molecule has 2 aliphatic rings. The molecule has 0 spiro atoms. The van der Waals surface area contributed by atoms with Crippen molar-refractivity contribution in [2.45, 2.75) is 37.5 Å². The van der Waals surface area contributed by atoms with Crippen molar-refractivity contribution in [3.63, 3.8) is 0 Å². The van der Waals surface area contributed by atoms with Crippen molar-refractivity contribution in [2.75, 3.05) is 12.5 Å². The van der Waals surface area contributed by atoms with E-state index in [9.17, 15) is 0 Å². The lowest BCUT2D eigenvalue weighted by atomic mass is 10.1. The summed E-state index contributed by atoms with van der Waals surface area (Å²) >= 11 is 5.52. The molecular formula is C20H23ClO2. The molecule has 0 atom stereocenters. The van der Waals surface area contributed by atoms with Gasteiger partial charge < -0.3 is 9.84 Å². The van der Waals surface area contributed by atoms with E-state index in [1.54, 1.807) is 12.1 Å². The maximum atomic E-state index is 8.96. The van der Waals surface area contributed by atoms with Gasteiger partial charge in [0.1, 0.15) is 18.1 Å². The lowest BCUT2D eigenvalue weighted by Gasteiger charge is -2.04. The smallest absolute Gasteiger partial charge is 0.119 e. The van der Waals surface area contributed by atoms with E-state index in [1.807, 2.05) is 24.3 Å². The Kier molecular flexibility index (Phi) is 5.45. The SMILES string of the molecule is ClCCOc1ccc(C2CC2)cc1.Oc1ccc(C2CC2)cc1. The molecule has 0 radical (unpaired) electrons. The number of halogens is 1. The van der Waals surface area contributed by atoms with Crippen molar-refractivity contribution in [3.8, 4) is 11.5 Å². The van der Waals surface area contributed by atoms with Crippen molar-refractivity contribution in [2.24, 2.45) is 0 Å². The van der Waals surface area contributed by atoms with Gasteiger partial charge in [-0.05, 0) is 72.9 Å². The highest BCUT2D eigenvalue weighted by molar-refractivity contribution is 6.18. The number of hydrogen-bond donors (Lipinski definition) is 1. The predicted molar refractivity (Wildman–Crippen MR) is 94.7 cm³/mol. The van der Waals surface area contributed by atoms with E-state index in [-0.39, 0.29) is 0 Å². The second-order valence-corrected chi connectivity index (χ2v) is 6.62. The zero-order chi connectivity index (χ0) is 16.1. The van der Waals surface area contributed by atoms with Crippen LogP contribution in [0.1, 0.15) is 48.6 Å². The van der Waals surface area contributed by atoms with Crippen LogP contribution in [0, 0.1) is 0 Å². The molecule has 4 rings (SSSR count). The summed E-state index contributed by atoms with van der Waals surface area (Å²) < 4.78 is 5.38. The Morgan fingerprint density at radius 1 is 0.826 bits per heavy atom. The van der Waals surface area contributed by atoms with Crippen LogP contribution in [0.2, 0.25) is 0 Å². The van der Waals surface area contributed by atoms with E-state index in [4.69, 9.17) is 21.4 Å². The topological polar surface area (TPSA) is 29.5 Å². The Morgan fingerprint density at radius 3 is 1.74 bits per heavy atom. The van der Waals surface area contributed by atoms with Crippen LogP contribution in [0.4, 0.5) is 0 Å². The minimum absolute atomic E-state index is 0.365. The normalized spacial score (nSPS) is 16.4. The average Bonchev–Trinajstić information content (AvgIpc) is 3.47. The van der Waals surface area contributed by atoms with Crippen LogP contribution in [0.3, 0.4) is 0 Å². The van der Waals surface area contributed by atoms with E-state index in [0.29, 0.717) is 18.2 Å². The third kappa shape index (κ3) is 5.18. The Hall–Kier alpha value is -1.67. The maximum Gasteiger partial charge on any atom is 0.119 e. The Morgan fingerprint density at radius 2 is 1.30 bits per heavy atom. The first-order chi connectivity index (χ1) is 11.3. The number of hydrogen-bond acceptors (Lipinski definition) is 2. The molecule has 0 heterocycles. The van der Waals surface area contributed by atoms with Crippen LogP contribution in [0.15, 0.2) is 48.5 Å². The van der Waals surface area contributed by atoms with Crippen molar-refractivity contribution < 1.29 is 9.84 Å². The Balaban J connectivity index is 0.000000140. The summed E-state index contributed by atoms with van der Waals surface area (Å²) in [6.45, 7) is 0.588. The average molecular weight is 331 g/mol. The van der Waals surface area contributed by atoms with Gasteiger partial charge >= 0.3 is 0 Å². The zero-order valence-electron chi connectivity index (χ0n) is 13.2. The number of phenols is 1. The van der Waals surface area contributed by atoms with Gasteiger partial charge in [-0.3, -0.25) is 0 Å². The van der Waals surface area contributed by atoms with Gasteiger partial charge in [0.2, 0.25) is 0 Å². The molecule has 2 fully saturated rings. The van der Waals surface area contributed by atoms with Crippen LogP contribution in [0.25, 0.3) is 0 Å². The molecule has 3 heteroatoms. The standard InChI is InChI=1S/C11H13ClO.C9H10O/c12-7-8-13-11-5-3-10(4-6-11)9-1-2-9;10-9-5-3-8(4-6-9)7-1-2-7/h3-6,9H,1-2,7-8H2;3-7,10H,1-2H2. The van der Waals surface area contributed by atoms with E-state index in [1.165, 1.54) is 36.8 Å². The first kappa shape index (κ1) is 16.2. The monoisotopic (exact) mass is 330 g/mol. The van der Waals surface area contributed by atoms with E-state index < -0.39 is 0 Å². The zero-order valence-corrected chi connectivity index (χ0v) is 14.0. The van der Waals surface area contributed by atoms with Crippen molar-refractivity contribution >= 4 is 11.6 Å². The van der Waals surface area contributed by atoms with Crippen molar-refractivity contribution in [1.29, 1.82) is 0 Å². The number of rotatable bonds is 5. The fourth-order valence-electron chi connectivity index (χ4n) is 2.57. The fraction of sp³-hybridized carbons (Fsp3) is 0.400. The molecule has 0 unspecified atom stereocenters. The molecular weight excluding hydrogens is 308 g/mol. The van der Waals surface area contributed by atoms with Gasteiger partial charge in [-0.1, -0.05) is 24.3 Å². The highest BCUT2D eigenvalue weighted by atomic mass is 35.5. The second kappa shape index (κ2) is 7.74. The molecule has 0 saturated heterocycles. The number of phenolic OH excluding ortho intramolecular Hbond substituents is 1. The van der Waals surface area contributed by atoms with Crippen LogP contribution in [-0.4, -0.2) is 17.6 Å². The quantitative estimate of drug-likeness (QED) is 0.738. The van der Waals surface area contributed by atoms with Crippen LogP contribution in [0.5, 0.6) is 11.5 Å². The summed E-state index contributed by atoms with van der Waals surface area (Å²) in [5.41, 5.74) is 2.82. The molecule has 0 aliphatic heterocycles. The van der Waals surface area contributed by atoms with Gasteiger partial charge in [-0.25, -0.2) is 0 Å². The van der Waals surface area contributed by atoms with Gasteiger partial charge in [0.15, 0.2) is 0 Å². The molecule has 2 aliphatic carbocycles. The Bertz CT molecular complexity index is 599. The number of alkyl halides is 1. The Labute approximate surface area is 143 Å². The van der Waals surface area contributed by atoms with E-state index in [0.717, 1.165) is 17.6 Å². The lowest BCUT2D eigenvalue weighted by molar-refractivity contribution is 0.342. The first-order valence-electron chi connectivity index (χ1n) is 8.34. The summed E-state index contributed by atoms with van der Waals surface area (Å²) in [5, 5.41) is 8.96. The maximum absolute atomic E-state index is 8.96. The summed E-state index contributed by atoms with van der Waals surface area (Å²) in [6, 6.07) is 15.9. The number of ether oxygens (including phenoxy) is 1. The number of benzene rings is 2. The molecule has 2 aromatic rings. The first-order valence-corrected chi connectivity index (χ1v) is 8.87. The van der Waals surface area contributed by atoms with Crippen LogP contribution < -0.4 is 4.74 Å².